The molecule has 1 aliphatic rings. The van der Waals surface area contributed by atoms with Gasteiger partial charge in [-0.15, -0.1) is 0 Å². The molecule has 1 aliphatic carbocycles. The normalized spacial score (nSPS) is 22.5. The van der Waals surface area contributed by atoms with Gasteiger partial charge in [0.15, 0.2) is 0 Å². The number of carbonyl (C=O) groups is 1. The van der Waals surface area contributed by atoms with Crippen molar-refractivity contribution in [1.29, 1.82) is 0 Å². The molecule has 0 saturated heterocycles. The minimum Gasteiger partial charge on any atom is -0.352 e. The quantitative estimate of drug-likeness (QED) is 0.621. The van der Waals surface area contributed by atoms with E-state index in [-0.39, 0.29) is 11.9 Å². The van der Waals surface area contributed by atoms with Gasteiger partial charge in [0.25, 0.3) is 0 Å². The first-order valence-corrected chi connectivity index (χ1v) is 4.18. The molecule has 0 heterocycles. The Bertz CT molecular complexity index is 163. The van der Waals surface area contributed by atoms with Gasteiger partial charge in [0.1, 0.15) is 0 Å². The van der Waals surface area contributed by atoms with E-state index < -0.39 is 5.54 Å². The van der Waals surface area contributed by atoms with Crippen molar-refractivity contribution in [2.45, 2.75) is 44.7 Å². The lowest BCUT2D eigenvalue weighted by Gasteiger charge is -2.14. The van der Waals surface area contributed by atoms with E-state index in [0.29, 0.717) is 0 Å². The number of nitrogens with two attached hydrogens (primary N) is 1. The van der Waals surface area contributed by atoms with Crippen LogP contribution in [0.2, 0.25) is 0 Å². The Balaban J connectivity index is 2.32. The van der Waals surface area contributed by atoms with E-state index in [9.17, 15) is 4.79 Å². The molecule has 1 saturated carbocycles. The van der Waals surface area contributed by atoms with Crippen LogP contribution in [0.15, 0.2) is 0 Å². The molecule has 1 amide bonds. The van der Waals surface area contributed by atoms with Crippen LogP contribution < -0.4 is 11.1 Å². The summed E-state index contributed by atoms with van der Waals surface area (Å²) in [6.07, 6.45) is 2.65. The Hall–Kier alpha value is -0.570. The van der Waals surface area contributed by atoms with E-state index >= 15 is 0 Å². The molecule has 1 atom stereocenters. The molecule has 0 spiro atoms. The van der Waals surface area contributed by atoms with Gasteiger partial charge in [0.05, 0.1) is 5.54 Å². The molecule has 0 radical (unpaired) electrons. The van der Waals surface area contributed by atoms with Crippen molar-refractivity contribution in [3.63, 3.8) is 0 Å². The molecule has 0 aromatic rings. The van der Waals surface area contributed by atoms with Gasteiger partial charge in [-0.2, -0.15) is 0 Å². The first-order chi connectivity index (χ1) is 5.08. The summed E-state index contributed by atoms with van der Waals surface area (Å²) >= 11 is 0. The molecular formula is C8H16N2O. The molecule has 3 N–H and O–H groups in total. The lowest BCUT2D eigenvalue weighted by Crippen LogP contribution is -2.46. The molecule has 1 unspecified atom stereocenters. The highest BCUT2D eigenvalue weighted by Crippen LogP contribution is 2.32. The van der Waals surface area contributed by atoms with Crippen molar-refractivity contribution in [3.05, 3.63) is 0 Å². The van der Waals surface area contributed by atoms with Crippen LogP contribution in [0.4, 0.5) is 0 Å². The minimum atomic E-state index is -0.510. The fourth-order valence-electron chi connectivity index (χ4n) is 0.831. The Morgan fingerprint density at radius 3 is 2.64 bits per heavy atom. The van der Waals surface area contributed by atoms with Crippen LogP contribution in [-0.4, -0.2) is 17.5 Å². The lowest BCUT2D eigenvalue weighted by molar-refractivity contribution is -0.123. The summed E-state index contributed by atoms with van der Waals surface area (Å²) in [5, 5.41) is 2.87. The first-order valence-electron chi connectivity index (χ1n) is 4.18. The highest BCUT2D eigenvalue weighted by Gasteiger charge is 2.45. The maximum Gasteiger partial charge on any atom is 0.240 e. The van der Waals surface area contributed by atoms with Crippen LogP contribution in [0.5, 0.6) is 0 Å². The minimum absolute atomic E-state index is 0.0202. The Morgan fingerprint density at radius 2 is 2.27 bits per heavy atom. The average Bonchev–Trinajstić information content (AvgIpc) is 2.69. The van der Waals surface area contributed by atoms with E-state index in [2.05, 4.69) is 5.32 Å². The smallest absolute Gasteiger partial charge is 0.240 e. The van der Waals surface area contributed by atoms with E-state index in [1.54, 1.807) is 0 Å². The number of amides is 1. The van der Waals surface area contributed by atoms with E-state index in [1.807, 2.05) is 13.8 Å². The van der Waals surface area contributed by atoms with Crippen molar-refractivity contribution in [2.24, 2.45) is 5.73 Å². The fourth-order valence-corrected chi connectivity index (χ4v) is 0.831. The predicted molar refractivity (Wildman–Crippen MR) is 44.0 cm³/mol. The highest BCUT2D eigenvalue weighted by molar-refractivity contribution is 5.89. The fraction of sp³-hybridized carbons (Fsp3) is 0.875. The molecule has 0 aliphatic heterocycles. The van der Waals surface area contributed by atoms with Crippen molar-refractivity contribution in [3.8, 4) is 0 Å². The third-order valence-corrected chi connectivity index (χ3v) is 2.23. The maximum atomic E-state index is 11.3. The second kappa shape index (κ2) is 2.81. The van der Waals surface area contributed by atoms with E-state index in [4.69, 9.17) is 5.73 Å². The second-order valence-corrected chi connectivity index (χ2v) is 3.44. The number of carbonyl (C=O) groups excluding carboxylic acids is 1. The third kappa shape index (κ3) is 1.93. The van der Waals surface area contributed by atoms with Crippen LogP contribution >= 0.6 is 0 Å². The summed E-state index contributed by atoms with van der Waals surface area (Å²) < 4.78 is 0. The Kier molecular flexibility index (Phi) is 2.18. The van der Waals surface area contributed by atoms with Crippen LogP contribution in [0, 0.1) is 0 Å². The summed E-state index contributed by atoms with van der Waals surface area (Å²) in [5.41, 5.74) is 5.17. The second-order valence-electron chi connectivity index (χ2n) is 3.44. The SMILES string of the molecule is CCC(C)NC(=O)C1(N)CC1. The predicted octanol–water partition coefficient (Wildman–Crippen LogP) is 0.392. The summed E-state index contributed by atoms with van der Waals surface area (Å²) in [7, 11) is 0. The largest absolute Gasteiger partial charge is 0.352 e. The summed E-state index contributed by atoms with van der Waals surface area (Å²) in [6, 6.07) is 0.253. The van der Waals surface area contributed by atoms with E-state index in [1.165, 1.54) is 0 Å². The molecule has 1 fully saturated rings. The monoisotopic (exact) mass is 156 g/mol. The maximum absolute atomic E-state index is 11.3. The van der Waals surface area contributed by atoms with Crippen molar-refractivity contribution >= 4 is 5.91 Å². The number of hydrogen-bond acceptors (Lipinski definition) is 2. The van der Waals surface area contributed by atoms with E-state index in [0.717, 1.165) is 19.3 Å². The third-order valence-electron chi connectivity index (χ3n) is 2.23. The van der Waals surface area contributed by atoms with Gasteiger partial charge in [-0.3, -0.25) is 4.79 Å². The average molecular weight is 156 g/mol. The molecular weight excluding hydrogens is 140 g/mol. The topological polar surface area (TPSA) is 55.1 Å². The zero-order chi connectivity index (χ0) is 8.48. The molecule has 0 aromatic heterocycles. The molecule has 3 nitrogen and oxygen atoms in total. The number of hydrogen-bond donors (Lipinski definition) is 2. The van der Waals surface area contributed by atoms with Crippen LogP contribution in [0.1, 0.15) is 33.1 Å². The molecule has 0 aromatic carbocycles. The zero-order valence-corrected chi connectivity index (χ0v) is 7.18. The van der Waals surface area contributed by atoms with Gasteiger partial charge in [0, 0.05) is 6.04 Å². The number of rotatable bonds is 3. The summed E-state index contributed by atoms with van der Waals surface area (Å²) in [5.74, 6) is 0.0202. The molecule has 1 rings (SSSR count). The molecule has 11 heavy (non-hydrogen) atoms. The van der Waals surface area contributed by atoms with Crippen LogP contribution in [-0.2, 0) is 4.79 Å². The van der Waals surface area contributed by atoms with Crippen molar-refractivity contribution in [1.82, 2.24) is 5.32 Å². The van der Waals surface area contributed by atoms with Gasteiger partial charge in [-0.1, -0.05) is 6.92 Å². The van der Waals surface area contributed by atoms with Crippen LogP contribution in [0.25, 0.3) is 0 Å². The first kappa shape index (κ1) is 8.53. The standard InChI is InChI=1S/C8H16N2O/c1-3-6(2)10-7(11)8(9)4-5-8/h6H,3-5,9H2,1-2H3,(H,10,11). The van der Waals surface area contributed by atoms with Gasteiger partial charge >= 0.3 is 0 Å². The lowest BCUT2D eigenvalue weighted by atomic mass is 10.2. The van der Waals surface area contributed by atoms with Gasteiger partial charge in [0.2, 0.25) is 5.91 Å². The van der Waals surface area contributed by atoms with Gasteiger partial charge < -0.3 is 11.1 Å². The summed E-state index contributed by atoms with van der Waals surface area (Å²) in [6.45, 7) is 4.03. The molecule has 0 bridgehead atoms. The van der Waals surface area contributed by atoms with Crippen molar-refractivity contribution < 1.29 is 4.79 Å². The van der Waals surface area contributed by atoms with Crippen LogP contribution in [0.3, 0.4) is 0 Å². The Labute approximate surface area is 67.3 Å². The Morgan fingerprint density at radius 1 is 1.73 bits per heavy atom. The van der Waals surface area contributed by atoms with Gasteiger partial charge in [-0.25, -0.2) is 0 Å². The summed E-state index contributed by atoms with van der Waals surface area (Å²) in [4.78, 5) is 11.3. The van der Waals surface area contributed by atoms with Crippen molar-refractivity contribution in [2.75, 3.05) is 0 Å². The number of nitrogens with one attached hydrogen (secondary N) is 1. The zero-order valence-electron chi connectivity index (χ0n) is 7.18. The molecule has 3 heteroatoms. The highest BCUT2D eigenvalue weighted by atomic mass is 16.2. The molecule has 64 valence electrons. The van der Waals surface area contributed by atoms with Gasteiger partial charge in [-0.05, 0) is 26.2 Å².